The summed E-state index contributed by atoms with van der Waals surface area (Å²) in [5.41, 5.74) is 0.631. The van der Waals surface area contributed by atoms with Crippen LogP contribution in [0.2, 0.25) is 0 Å². The van der Waals surface area contributed by atoms with Crippen LogP contribution < -0.4 is 26.0 Å². The van der Waals surface area contributed by atoms with Crippen LogP contribution in [0.4, 0.5) is 0 Å². The Morgan fingerprint density at radius 3 is 2.15 bits per heavy atom. The van der Waals surface area contributed by atoms with E-state index in [2.05, 4.69) is 29.6 Å². The number of esters is 1. The number of hydrogen-bond acceptors (Lipinski definition) is 5. The summed E-state index contributed by atoms with van der Waals surface area (Å²) in [5.74, 6) is 0.579. The zero-order chi connectivity index (χ0) is 24.3. The Hall–Kier alpha value is -2.95. The molecule has 1 N–H and O–H groups in total. The minimum Gasteiger partial charge on any atom is -0.425 e. The van der Waals surface area contributed by atoms with Gasteiger partial charge in [0.25, 0.3) is 0 Å². The van der Waals surface area contributed by atoms with Gasteiger partial charge < -0.3 is 10.1 Å². The van der Waals surface area contributed by atoms with Crippen molar-refractivity contribution in [2.45, 2.75) is 25.8 Å². The zero-order valence-electron chi connectivity index (χ0n) is 19.3. The highest BCUT2D eigenvalue weighted by Crippen LogP contribution is 2.36. The highest BCUT2D eigenvalue weighted by atomic mass is 32.2. The van der Waals surface area contributed by atoms with Crippen LogP contribution in [0, 0.1) is 0 Å². The Morgan fingerprint density at radius 1 is 1.00 bits per heavy atom. The highest BCUT2D eigenvalue weighted by Gasteiger charge is 2.25. The number of ether oxygens (including phenoxy) is 1. The largest absolute Gasteiger partial charge is 0.425 e. The number of Topliss-reactive ketones (excluding diaryl/α,β-unsaturated/α-hetero) is 1. The monoisotopic (exact) mass is 493 g/mol. The molecule has 1 amide bonds. The lowest BCUT2D eigenvalue weighted by molar-refractivity contribution is -0.138. The summed E-state index contributed by atoms with van der Waals surface area (Å²) < 4.78 is 5.69. The lowest BCUT2D eigenvalue weighted by atomic mass is 10.1. The van der Waals surface area contributed by atoms with Crippen molar-refractivity contribution in [2.24, 2.45) is 0 Å². The molecule has 5 nitrogen and oxygen atoms in total. The van der Waals surface area contributed by atoms with Crippen LogP contribution in [0.15, 0.2) is 78.9 Å². The lowest BCUT2D eigenvalue weighted by Crippen LogP contribution is -2.39. The third kappa shape index (κ3) is 6.55. The third-order valence-electron chi connectivity index (χ3n) is 5.24. The average Bonchev–Trinajstić information content (AvgIpc) is 2.87. The minimum absolute atomic E-state index is 0.0349. The first-order valence-electron chi connectivity index (χ1n) is 11.1. The Bertz CT molecular complexity index is 1070. The van der Waals surface area contributed by atoms with E-state index >= 15 is 0 Å². The molecule has 1 unspecified atom stereocenters. The first-order chi connectivity index (χ1) is 16.6. The van der Waals surface area contributed by atoms with Crippen LogP contribution in [0.3, 0.4) is 0 Å². The first-order valence-corrected chi connectivity index (χ1v) is 13.8. The molecular weight excluding hydrogens is 465 g/mol. The van der Waals surface area contributed by atoms with E-state index in [-0.39, 0.29) is 5.78 Å². The molecule has 0 saturated carbocycles. The van der Waals surface area contributed by atoms with E-state index < -0.39 is 19.9 Å². The normalized spacial score (nSPS) is 11.6. The molecule has 176 valence electrons. The quantitative estimate of drug-likeness (QED) is 0.137. The fourth-order valence-corrected chi connectivity index (χ4v) is 6.50. The van der Waals surface area contributed by atoms with E-state index in [1.54, 1.807) is 30.0 Å². The van der Waals surface area contributed by atoms with E-state index in [4.69, 9.17) is 4.74 Å². The van der Waals surface area contributed by atoms with Crippen LogP contribution in [0.1, 0.15) is 30.1 Å². The summed E-state index contributed by atoms with van der Waals surface area (Å²) in [7, 11) is -1.06. The summed E-state index contributed by atoms with van der Waals surface area (Å²) >= 11 is 1.59. The maximum Gasteiger partial charge on any atom is 0.334 e. The molecule has 0 aromatic heterocycles. The smallest absolute Gasteiger partial charge is 0.334 e. The second-order valence-electron chi connectivity index (χ2n) is 7.50. The number of nitrogens with one attached hydrogen (secondary N) is 1. The van der Waals surface area contributed by atoms with E-state index in [9.17, 15) is 14.4 Å². The van der Waals surface area contributed by atoms with Crippen molar-refractivity contribution in [3.63, 3.8) is 0 Å². The van der Waals surface area contributed by atoms with Crippen LogP contribution in [-0.2, 0) is 9.59 Å². The number of benzene rings is 3. The number of thioether (sulfide) groups is 1. The molecule has 0 fully saturated rings. The number of hydrogen-bond donors (Lipinski definition) is 1. The second-order valence-corrected chi connectivity index (χ2v) is 10.7. The van der Waals surface area contributed by atoms with E-state index in [0.29, 0.717) is 36.3 Å². The lowest BCUT2D eigenvalue weighted by Gasteiger charge is -2.23. The van der Waals surface area contributed by atoms with Gasteiger partial charge in [0, 0.05) is 12.0 Å². The Kier molecular flexibility index (Phi) is 9.87. The van der Waals surface area contributed by atoms with Gasteiger partial charge in [-0.2, -0.15) is 11.8 Å². The molecule has 0 saturated heterocycles. The molecule has 0 aliphatic heterocycles. The molecule has 0 bridgehead atoms. The van der Waals surface area contributed by atoms with Gasteiger partial charge in [0.05, 0.1) is 0 Å². The average molecular weight is 494 g/mol. The number of ketones is 1. The van der Waals surface area contributed by atoms with Gasteiger partial charge in [-0.05, 0) is 60.5 Å². The SMILES string of the molecule is CCC(=O)c1ccc(OC(=O)C(CCSC)NC=O)cc1P(c1ccccc1)c1ccccc1. The van der Waals surface area contributed by atoms with E-state index in [1.165, 1.54) is 0 Å². The van der Waals surface area contributed by atoms with Gasteiger partial charge in [-0.3, -0.25) is 9.59 Å². The summed E-state index contributed by atoms with van der Waals surface area (Å²) in [6.45, 7) is 1.84. The van der Waals surface area contributed by atoms with E-state index in [0.717, 1.165) is 15.9 Å². The second kappa shape index (κ2) is 13.1. The summed E-state index contributed by atoms with van der Waals surface area (Å²) in [5, 5.41) is 5.58. The molecule has 3 aromatic rings. The fourth-order valence-electron chi connectivity index (χ4n) is 3.54. The molecule has 0 spiro atoms. The topological polar surface area (TPSA) is 72.5 Å². The molecular formula is C27H28NO4PS. The van der Waals surface area contributed by atoms with Crippen LogP contribution in [0.5, 0.6) is 5.75 Å². The molecule has 0 aliphatic carbocycles. The zero-order valence-corrected chi connectivity index (χ0v) is 21.0. The van der Waals surface area contributed by atoms with Gasteiger partial charge in [-0.15, -0.1) is 0 Å². The number of rotatable bonds is 12. The van der Waals surface area contributed by atoms with Gasteiger partial charge in [-0.1, -0.05) is 67.6 Å². The third-order valence-corrected chi connectivity index (χ3v) is 8.37. The van der Waals surface area contributed by atoms with Crippen molar-refractivity contribution >= 4 is 53.8 Å². The molecule has 34 heavy (non-hydrogen) atoms. The van der Waals surface area contributed by atoms with Crippen molar-refractivity contribution in [3.05, 3.63) is 84.4 Å². The number of amides is 1. The first kappa shape index (κ1) is 25.7. The highest BCUT2D eigenvalue weighted by molar-refractivity contribution is 7.98. The van der Waals surface area contributed by atoms with E-state index in [1.807, 2.05) is 49.6 Å². The maximum atomic E-state index is 12.9. The minimum atomic E-state index is -1.06. The van der Waals surface area contributed by atoms with Gasteiger partial charge in [0.1, 0.15) is 11.8 Å². The van der Waals surface area contributed by atoms with Crippen molar-refractivity contribution in [3.8, 4) is 5.75 Å². The van der Waals surface area contributed by atoms with Crippen molar-refractivity contribution in [2.75, 3.05) is 12.0 Å². The molecule has 3 rings (SSSR count). The molecule has 0 aliphatic rings. The fraction of sp³-hybridized carbons (Fsp3) is 0.222. The van der Waals surface area contributed by atoms with Crippen LogP contribution >= 0.6 is 19.7 Å². The Morgan fingerprint density at radius 2 is 1.62 bits per heavy atom. The van der Waals surface area contributed by atoms with Gasteiger partial charge >= 0.3 is 5.97 Å². The standard InChI is InChI=1S/C27H28NO4PS/c1-3-25(30)23-15-14-20(32-27(31)24(28-19-29)16-17-34-2)18-26(23)33(21-10-6-4-7-11-21)22-12-8-5-9-13-22/h4-15,18-19,24H,3,16-17H2,1-2H3,(H,28,29). The van der Waals surface area contributed by atoms with Gasteiger partial charge in [-0.25, -0.2) is 4.79 Å². The summed E-state index contributed by atoms with van der Waals surface area (Å²) in [6.07, 6.45) is 3.30. The summed E-state index contributed by atoms with van der Waals surface area (Å²) in [4.78, 5) is 36.7. The molecule has 0 heterocycles. The number of carbonyl (C=O) groups excluding carboxylic acids is 3. The van der Waals surface area contributed by atoms with Crippen molar-refractivity contribution < 1.29 is 19.1 Å². The molecule has 3 aromatic carbocycles. The predicted molar refractivity (Wildman–Crippen MR) is 141 cm³/mol. The van der Waals surface area contributed by atoms with Crippen molar-refractivity contribution in [1.29, 1.82) is 0 Å². The summed E-state index contributed by atoms with van der Waals surface area (Å²) in [6, 6.07) is 24.6. The Balaban J connectivity index is 2.06. The predicted octanol–water partition coefficient (Wildman–Crippen LogP) is 3.81. The van der Waals surface area contributed by atoms with Gasteiger partial charge in [0.2, 0.25) is 6.41 Å². The van der Waals surface area contributed by atoms with Crippen LogP contribution in [0.25, 0.3) is 0 Å². The maximum absolute atomic E-state index is 12.9. The number of carbonyl (C=O) groups is 3. The Labute approximate surface area is 206 Å². The molecule has 7 heteroatoms. The van der Waals surface area contributed by atoms with Gasteiger partial charge in [0.15, 0.2) is 5.78 Å². The molecule has 0 radical (unpaired) electrons. The molecule has 1 atom stereocenters. The van der Waals surface area contributed by atoms with Crippen LogP contribution in [-0.4, -0.2) is 36.2 Å². The van der Waals surface area contributed by atoms with Crippen molar-refractivity contribution in [1.82, 2.24) is 5.32 Å².